The molecule has 0 amide bonds. The van der Waals surface area contributed by atoms with Gasteiger partial charge in [0.1, 0.15) is 0 Å². The Morgan fingerprint density at radius 1 is 0.864 bits per heavy atom. The van der Waals surface area contributed by atoms with Crippen LogP contribution in [0.1, 0.15) is 26.7 Å². The largest absolute Gasteiger partial charge is 0.481 e. The minimum absolute atomic E-state index is 0.0901. The van der Waals surface area contributed by atoms with Gasteiger partial charge in [-0.1, -0.05) is 13.8 Å². The minimum atomic E-state index is -1.33. The third kappa shape index (κ3) is 5.01. The van der Waals surface area contributed by atoms with Crippen molar-refractivity contribution in [3.63, 3.8) is 0 Å². The zero-order chi connectivity index (χ0) is 17.4. The monoisotopic (exact) mass is 318 g/mol. The predicted molar refractivity (Wildman–Crippen MR) is 73.8 cm³/mol. The number of carboxylic acids is 2. The van der Waals surface area contributed by atoms with Gasteiger partial charge in [0, 0.05) is 0 Å². The lowest BCUT2D eigenvalue weighted by molar-refractivity contribution is -0.161. The molecular formula is C14H22O8. The highest BCUT2D eigenvalue weighted by molar-refractivity contribution is 5.84. The fourth-order valence-electron chi connectivity index (χ4n) is 2.35. The van der Waals surface area contributed by atoms with E-state index in [1.165, 1.54) is 6.92 Å². The summed E-state index contributed by atoms with van der Waals surface area (Å²) in [5.74, 6) is -8.55. The molecule has 0 aliphatic carbocycles. The Morgan fingerprint density at radius 2 is 1.32 bits per heavy atom. The highest BCUT2D eigenvalue weighted by atomic mass is 16.5. The van der Waals surface area contributed by atoms with E-state index < -0.39 is 47.5 Å². The van der Waals surface area contributed by atoms with Crippen LogP contribution in [0.3, 0.4) is 0 Å². The summed E-state index contributed by atoms with van der Waals surface area (Å²) in [5.41, 5.74) is 0. The molecule has 4 atom stereocenters. The van der Waals surface area contributed by atoms with Gasteiger partial charge >= 0.3 is 23.9 Å². The maximum Gasteiger partial charge on any atom is 0.309 e. The van der Waals surface area contributed by atoms with Gasteiger partial charge in [0.15, 0.2) is 0 Å². The average Bonchev–Trinajstić information content (AvgIpc) is 2.48. The maximum absolute atomic E-state index is 11.8. The molecule has 126 valence electrons. The van der Waals surface area contributed by atoms with Crippen molar-refractivity contribution < 1.29 is 38.9 Å². The fourth-order valence-corrected chi connectivity index (χ4v) is 2.35. The van der Waals surface area contributed by atoms with E-state index in [1.807, 2.05) is 0 Å². The molecule has 0 heterocycles. The second kappa shape index (κ2) is 9.01. The third-order valence-electron chi connectivity index (χ3n) is 3.75. The van der Waals surface area contributed by atoms with Crippen LogP contribution in [0.2, 0.25) is 0 Å². The van der Waals surface area contributed by atoms with Crippen LogP contribution in [0.4, 0.5) is 0 Å². The van der Waals surface area contributed by atoms with Gasteiger partial charge in [-0.3, -0.25) is 19.2 Å². The standard InChI is InChI=1S/C14H22O8/c1-5-8(11(15)16)10(12(17)18)6-9(14(20)22-4)7(2)13(19)21-3/h7-10H,5-6H2,1-4H3,(H,15,16)(H,17,18). The molecule has 0 spiro atoms. The number of hydrogen-bond donors (Lipinski definition) is 2. The maximum atomic E-state index is 11.8. The van der Waals surface area contributed by atoms with Crippen LogP contribution in [0.25, 0.3) is 0 Å². The lowest BCUT2D eigenvalue weighted by atomic mass is 9.78. The van der Waals surface area contributed by atoms with Crippen LogP contribution < -0.4 is 0 Å². The zero-order valence-electron chi connectivity index (χ0n) is 13.1. The van der Waals surface area contributed by atoms with Crippen molar-refractivity contribution in [3.8, 4) is 0 Å². The van der Waals surface area contributed by atoms with E-state index in [1.54, 1.807) is 6.92 Å². The number of hydrogen-bond acceptors (Lipinski definition) is 6. The first kappa shape index (κ1) is 19.9. The Hall–Kier alpha value is -2.12. The Balaban J connectivity index is 5.47. The normalized spacial score (nSPS) is 16.0. The molecule has 0 aromatic carbocycles. The Bertz CT molecular complexity index is 431. The highest BCUT2D eigenvalue weighted by Crippen LogP contribution is 2.29. The van der Waals surface area contributed by atoms with Crippen LogP contribution in [0, 0.1) is 23.7 Å². The Labute approximate surface area is 128 Å². The number of carbonyl (C=O) groups excluding carboxylic acids is 2. The number of rotatable bonds is 9. The molecule has 0 radical (unpaired) electrons. The molecule has 0 bridgehead atoms. The predicted octanol–water partition coefficient (Wildman–Crippen LogP) is 0.786. The molecule has 22 heavy (non-hydrogen) atoms. The molecular weight excluding hydrogens is 296 g/mol. The van der Waals surface area contributed by atoms with Gasteiger partial charge < -0.3 is 19.7 Å². The molecule has 0 aromatic rings. The lowest BCUT2D eigenvalue weighted by Gasteiger charge is -2.25. The van der Waals surface area contributed by atoms with E-state index in [0.29, 0.717) is 0 Å². The summed E-state index contributed by atoms with van der Waals surface area (Å²) in [6.07, 6.45) is -0.226. The van der Waals surface area contributed by atoms with Crippen LogP contribution in [-0.2, 0) is 28.7 Å². The SMILES string of the molecule is CCC(C(=O)O)C(CC(C(=O)OC)C(C)C(=O)OC)C(=O)O. The van der Waals surface area contributed by atoms with Crippen molar-refractivity contribution in [2.45, 2.75) is 26.7 Å². The second-order valence-electron chi connectivity index (χ2n) is 4.97. The summed E-state index contributed by atoms with van der Waals surface area (Å²) in [5, 5.41) is 18.4. The number of carboxylic acid groups (broad SMARTS) is 2. The van der Waals surface area contributed by atoms with Crippen LogP contribution >= 0.6 is 0 Å². The minimum Gasteiger partial charge on any atom is -0.481 e. The van der Waals surface area contributed by atoms with Crippen molar-refractivity contribution in [1.29, 1.82) is 0 Å². The van der Waals surface area contributed by atoms with E-state index in [9.17, 15) is 24.3 Å². The molecule has 4 unspecified atom stereocenters. The first-order valence-corrected chi connectivity index (χ1v) is 6.82. The van der Waals surface area contributed by atoms with Gasteiger partial charge in [0.25, 0.3) is 0 Å². The topological polar surface area (TPSA) is 127 Å². The molecule has 0 aliphatic rings. The van der Waals surface area contributed by atoms with Gasteiger partial charge in [-0.15, -0.1) is 0 Å². The molecule has 0 aromatic heterocycles. The summed E-state index contributed by atoms with van der Waals surface area (Å²) in [4.78, 5) is 46.0. The van der Waals surface area contributed by atoms with E-state index in [4.69, 9.17) is 5.11 Å². The van der Waals surface area contributed by atoms with Crippen molar-refractivity contribution in [1.82, 2.24) is 0 Å². The number of aliphatic carboxylic acids is 2. The zero-order valence-corrected chi connectivity index (χ0v) is 13.1. The molecule has 2 N–H and O–H groups in total. The smallest absolute Gasteiger partial charge is 0.309 e. The van der Waals surface area contributed by atoms with E-state index >= 15 is 0 Å². The molecule has 8 heteroatoms. The van der Waals surface area contributed by atoms with Crippen molar-refractivity contribution in [2.24, 2.45) is 23.7 Å². The number of methoxy groups -OCH3 is 2. The van der Waals surface area contributed by atoms with Crippen LogP contribution in [0.15, 0.2) is 0 Å². The molecule has 0 saturated heterocycles. The summed E-state index contributed by atoms with van der Waals surface area (Å²) in [6, 6.07) is 0. The van der Waals surface area contributed by atoms with Gasteiger partial charge in [0.05, 0.1) is 37.9 Å². The van der Waals surface area contributed by atoms with E-state index in [2.05, 4.69) is 9.47 Å². The summed E-state index contributed by atoms with van der Waals surface area (Å²) < 4.78 is 9.15. The van der Waals surface area contributed by atoms with Crippen molar-refractivity contribution in [2.75, 3.05) is 14.2 Å². The van der Waals surface area contributed by atoms with Crippen LogP contribution in [0.5, 0.6) is 0 Å². The average molecular weight is 318 g/mol. The van der Waals surface area contributed by atoms with E-state index in [0.717, 1.165) is 14.2 Å². The summed E-state index contributed by atoms with van der Waals surface area (Å²) in [7, 11) is 2.26. The van der Waals surface area contributed by atoms with Gasteiger partial charge in [-0.2, -0.15) is 0 Å². The molecule has 0 rings (SSSR count). The van der Waals surface area contributed by atoms with E-state index in [-0.39, 0.29) is 12.8 Å². The Morgan fingerprint density at radius 3 is 1.64 bits per heavy atom. The molecule has 0 saturated carbocycles. The van der Waals surface area contributed by atoms with Gasteiger partial charge in [0.2, 0.25) is 0 Å². The summed E-state index contributed by atoms with van der Waals surface area (Å²) >= 11 is 0. The van der Waals surface area contributed by atoms with Crippen LogP contribution in [-0.4, -0.2) is 48.3 Å². The molecule has 8 nitrogen and oxygen atoms in total. The number of carbonyl (C=O) groups is 4. The molecule has 0 fully saturated rings. The van der Waals surface area contributed by atoms with Crippen molar-refractivity contribution >= 4 is 23.9 Å². The fraction of sp³-hybridized carbons (Fsp3) is 0.714. The first-order valence-electron chi connectivity index (χ1n) is 6.82. The first-order chi connectivity index (χ1) is 10.2. The number of esters is 2. The van der Waals surface area contributed by atoms with Gasteiger partial charge in [-0.25, -0.2) is 0 Å². The third-order valence-corrected chi connectivity index (χ3v) is 3.75. The van der Waals surface area contributed by atoms with Gasteiger partial charge in [-0.05, 0) is 12.8 Å². The highest BCUT2D eigenvalue weighted by Gasteiger charge is 2.40. The molecule has 0 aliphatic heterocycles. The number of ether oxygens (including phenoxy) is 2. The lowest BCUT2D eigenvalue weighted by Crippen LogP contribution is -2.37. The quantitative estimate of drug-likeness (QED) is 0.597. The summed E-state index contributed by atoms with van der Waals surface area (Å²) in [6.45, 7) is 2.96. The second-order valence-corrected chi connectivity index (χ2v) is 4.97. The Kier molecular flexibility index (Phi) is 8.14. The van der Waals surface area contributed by atoms with Crippen molar-refractivity contribution in [3.05, 3.63) is 0 Å².